The van der Waals surface area contributed by atoms with Crippen LogP contribution in [0.4, 0.5) is 0 Å². The highest BCUT2D eigenvalue weighted by Gasteiger charge is 2.36. The van der Waals surface area contributed by atoms with Crippen molar-refractivity contribution in [3.63, 3.8) is 0 Å². The molecular formula is C21H22. The first-order valence-corrected chi connectivity index (χ1v) is 7.75. The Balaban J connectivity index is 2.13. The van der Waals surface area contributed by atoms with Gasteiger partial charge in [0.05, 0.1) is 0 Å². The van der Waals surface area contributed by atoms with Crippen LogP contribution < -0.4 is 0 Å². The van der Waals surface area contributed by atoms with Gasteiger partial charge in [-0.05, 0) is 17.5 Å². The average molecular weight is 274 g/mol. The van der Waals surface area contributed by atoms with E-state index in [1.54, 1.807) is 0 Å². The van der Waals surface area contributed by atoms with Crippen LogP contribution in [0, 0.1) is 5.92 Å². The summed E-state index contributed by atoms with van der Waals surface area (Å²) < 4.78 is 0. The Morgan fingerprint density at radius 1 is 0.857 bits per heavy atom. The van der Waals surface area contributed by atoms with Gasteiger partial charge in [-0.15, -0.1) is 0 Å². The summed E-state index contributed by atoms with van der Waals surface area (Å²) in [4.78, 5) is 0. The van der Waals surface area contributed by atoms with Gasteiger partial charge in [0.25, 0.3) is 0 Å². The summed E-state index contributed by atoms with van der Waals surface area (Å²) in [5.74, 6) is 0.414. The molecule has 0 bridgehead atoms. The minimum absolute atomic E-state index is 0.0179. The molecule has 1 aliphatic carbocycles. The molecule has 3 rings (SSSR count). The Bertz CT molecular complexity index is 607. The van der Waals surface area contributed by atoms with Crippen molar-refractivity contribution in [3.8, 4) is 0 Å². The second kappa shape index (κ2) is 5.73. The lowest BCUT2D eigenvalue weighted by molar-refractivity contribution is 0.487. The highest BCUT2D eigenvalue weighted by atomic mass is 14.4. The maximum Gasteiger partial charge on any atom is 0.0272 e. The van der Waals surface area contributed by atoms with Crippen LogP contribution in [0.25, 0.3) is 0 Å². The molecule has 0 heterocycles. The molecule has 0 N–H and O–H groups in total. The van der Waals surface area contributed by atoms with Crippen molar-refractivity contribution >= 4 is 0 Å². The van der Waals surface area contributed by atoms with E-state index in [4.69, 9.17) is 0 Å². The first-order chi connectivity index (χ1) is 10.2. The first-order valence-electron chi connectivity index (χ1n) is 7.75. The zero-order valence-corrected chi connectivity index (χ0v) is 12.8. The van der Waals surface area contributed by atoms with E-state index >= 15 is 0 Å². The number of hydrogen-bond donors (Lipinski definition) is 0. The van der Waals surface area contributed by atoms with E-state index < -0.39 is 0 Å². The summed E-state index contributed by atoms with van der Waals surface area (Å²) in [6.07, 6.45) is 8.18. The van der Waals surface area contributed by atoms with Gasteiger partial charge in [0.15, 0.2) is 0 Å². The standard InChI is InChI=1S/C21H22/c1-3-17-14-15-20(16-17)21(2,18-10-6-4-7-11-18)19-12-8-5-9-13-19/h4-16,20H,3H2,1-2H3. The molecule has 0 spiro atoms. The van der Waals surface area contributed by atoms with Crippen LogP contribution in [0.5, 0.6) is 0 Å². The van der Waals surface area contributed by atoms with E-state index in [9.17, 15) is 0 Å². The van der Waals surface area contributed by atoms with E-state index in [1.807, 2.05) is 0 Å². The molecule has 106 valence electrons. The fourth-order valence-corrected chi connectivity index (χ4v) is 3.28. The second-order valence-corrected chi connectivity index (χ2v) is 5.91. The molecule has 1 atom stereocenters. The highest BCUT2D eigenvalue weighted by Crippen LogP contribution is 2.43. The van der Waals surface area contributed by atoms with Crippen molar-refractivity contribution in [2.75, 3.05) is 0 Å². The molecule has 0 radical (unpaired) electrons. The molecule has 0 saturated heterocycles. The van der Waals surface area contributed by atoms with E-state index in [2.05, 4.69) is 92.7 Å². The zero-order chi connectivity index (χ0) is 14.7. The van der Waals surface area contributed by atoms with E-state index in [0.717, 1.165) is 6.42 Å². The van der Waals surface area contributed by atoms with Gasteiger partial charge >= 0.3 is 0 Å². The summed E-state index contributed by atoms with van der Waals surface area (Å²) in [5.41, 5.74) is 4.17. The lowest BCUT2D eigenvalue weighted by Gasteiger charge is -2.35. The zero-order valence-electron chi connectivity index (χ0n) is 12.8. The van der Waals surface area contributed by atoms with Gasteiger partial charge in [-0.1, -0.05) is 98.3 Å². The van der Waals surface area contributed by atoms with Gasteiger partial charge in [-0.2, -0.15) is 0 Å². The Morgan fingerprint density at radius 2 is 1.38 bits per heavy atom. The predicted molar refractivity (Wildman–Crippen MR) is 90.3 cm³/mol. The van der Waals surface area contributed by atoms with Gasteiger partial charge in [0.2, 0.25) is 0 Å². The van der Waals surface area contributed by atoms with Crippen LogP contribution in [0.1, 0.15) is 31.4 Å². The van der Waals surface area contributed by atoms with Gasteiger partial charge in [-0.25, -0.2) is 0 Å². The van der Waals surface area contributed by atoms with Crippen LogP contribution in [0.3, 0.4) is 0 Å². The number of hydrogen-bond acceptors (Lipinski definition) is 0. The van der Waals surface area contributed by atoms with Crippen LogP contribution in [-0.4, -0.2) is 0 Å². The van der Waals surface area contributed by atoms with Crippen molar-refractivity contribution in [1.29, 1.82) is 0 Å². The molecule has 2 aromatic carbocycles. The predicted octanol–water partition coefficient (Wildman–Crippen LogP) is 5.52. The van der Waals surface area contributed by atoms with Crippen molar-refractivity contribution < 1.29 is 0 Å². The van der Waals surface area contributed by atoms with Crippen LogP contribution in [0.15, 0.2) is 84.5 Å². The first kappa shape index (κ1) is 13.9. The molecule has 0 amide bonds. The molecule has 1 aliphatic rings. The van der Waals surface area contributed by atoms with Crippen molar-refractivity contribution in [2.24, 2.45) is 5.92 Å². The average Bonchev–Trinajstić information content (AvgIpc) is 3.05. The normalized spacial score (nSPS) is 17.8. The van der Waals surface area contributed by atoms with Gasteiger partial charge in [-0.3, -0.25) is 0 Å². The molecule has 0 aliphatic heterocycles. The van der Waals surface area contributed by atoms with Crippen molar-refractivity contribution in [2.45, 2.75) is 25.7 Å². The monoisotopic (exact) mass is 274 g/mol. The van der Waals surface area contributed by atoms with E-state index in [1.165, 1.54) is 16.7 Å². The van der Waals surface area contributed by atoms with Crippen LogP contribution >= 0.6 is 0 Å². The fourth-order valence-electron chi connectivity index (χ4n) is 3.28. The summed E-state index contributed by atoms with van der Waals surface area (Å²) in [5, 5.41) is 0. The number of benzene rings is 2. The third kappa shape index (κ3) is 2.47. The van der Waals surface area contributed by atoms with E-state index in [-0.39, 0.29) is 5.41 Å². The Labute approximate surface area is 127 Å². The molecule has 0 fully saturated rings. The number of allylic oxidation sites excluding steroid dienone is 4. The minimum Gasteiger partial charge on any atom is -0.0761 e. The molecule has 0 heteroatoms. The topological polar surface area (TPSA) is 0 Å². The van der Waals surface area contributed by atoms with Crippen molar-refractivity contribution in [1.82, 2.24) is 0 Å². The third-order valence-corrected chi connectivity index (χ3v) is 4.73. The molecule has 0 nitrogen and oxygen atoms in total. The Morgan fingerprint density at radius 3 is 1.81 bits per heavy atom. The SMILES string of the molecule is CCC1=CC(C(C)(c2ccccc2)c2ccccc2)C=C1. The summed E-state index contributed by atoms with van der Waals surface area (Å²) in [6.45, 7) is 4.59. The van der Waals surface area contributed by atoms with E-state index in [0.29, 0.717) is 5.92 Å². The summed E-state index contributed by atoms with van der Waals surface area (Å²) >= 11 is 0. The van der Waals surface area contributed by atoms with Gasteiger partial charge in [0.1, 0.15) is 0 Å². The maximum absolute atomic E-state index is 2.43. The summed E-state index contributed by atoms with van der Waals surface area (Å²) in [6, 6.07) is 21.7. The van der Waals surface area contributed by atoms with Gasteiger partial charge in [0, 0.05) is 11.3 Å². The number of rotatable bonds is 4. The van der Waals surface area contributed by atoms with Crippen LogP contribution in [-0.2, 0) is 5.41 Å². The largest absolute Gasteiger partial charge is 0.0761 e. The smallest absolute Gasteiger partial charge is 0.0272 e. The minimum atomic E-state index is -0.0179. The lowest BCUT2D eigenvalue weighted by Crippen LogP contribution is -2.30. The van der Waals surface area contributed by atoms with Gasteiger partial charge < -0.3 is 0 Å². The molecule has 1 unspecified atom stereocenters. The van der Waals surface area contributed by atoms with Crippen molar-refractivity contribution in [3.05, 3.63) is 95.6 Å². The quantitative estimate of drug-likeness (QED) is 0.689. The highest BCUT2D eigenvalue weighted by molar-refractivity contribution is 5.45. The maximum atomic E-state index is 2.43. The Hall–Kier alpha value is -2.08. The molecule has 2 aromatic rings. The third-order valence-electron chi connectivity index (χ3n) is 4.73. The van der Waals surface area contributed by atoms with Crippen LogP contribution in [0.2, 0.25) is 0 Å². The molecule has 21 heavy (non-hydrogen) atoms. The molecule has 0 saturated carbocycles. The molecular weight excluding hydrogens is 252 g/mol. The molecule has 0 aromatic heterocycles. The fraction of sp³-hybridized carbons (Fsp3) is 0.238. The Kier molecular flexibility index (Phi) is 3.79. The summed E-state index contributed by atoms with van der Waals surface area (Å²) in [7, 11) is 0. The second-order valence-electron chi connectivity index (χ2n) is 5.91. The lowest BCUT2D eigenvalue weighted by atomic mass is 9.67.